The number of fused-ring (bicyclic) bond motifs is 2. The monoisotopic (exact) mass is 197 g/mol. The van der Waals surface area contributed by atoms with Crippen LogP contribution in [0, 0.1) is 13.8 Å². The van der Waals surface area contributed by atoms with Crippen LogP contribution in [0.3, 0.4) is 0 Å². The SMILES string of the molecule is Cc1c2c(c(C)c3nccnc13)=[N+]=CN=2. The molecule has 4 nitrogen and oxygen atoms in total. The minimum absolute atomic E-state index is 0.919. The van der Waals surface area contributed by atoms with E-state index in [1.807, 2.05) is 13.8 Å². The molecule has 0 radical (unpaired) electrons. The van der Waals surface area contributed by atoms with Gasteiger partial charge in [-0.1, -0.05) is 0 Å². The average molecular weight is 197 g/mol. The Bertz CT molecular complexity index is 724. The van der Waals surface area contributed by atoms with Gasteiger partial charge in [0.25, 0.3) is 5.36 Å². The molecule has 0 fully saturated rings. The molecule has 15 heavy (non-hydrogen) atoms. The van der Waals surface area contributed by atoms with Crippen LogP contribution in [-0.2, 0) is 0 Å². The summed E-state index contributed by atoms with van der Waals surface area (Å²) in [5.41, 5.74) is 3.94. The van der Waals surface area contributed by atoms with Gasteiger partial charge in [-0.25, -0.2) is 4.67 Å². The summed E-state index contributed by atoms with van der Waals surface area (Å²) < 4.78 is 4.25. The van der Waals surface area contributed by atoms with Gasteiger partial charge in [0.1, 0.15) is 0 Å². The zero-order chi connectivity index (χ0) is 10.4. The third kappa shape index (κ3) is 0.966. The van der Waals surface area contributed by atoms with E-state index in [4.69, 9.17) is 0 Å². The molecular formula is C11H9N4+. The maximum absolute atomic E-state index is 4.34. The van der Waals surface area contributed by atoms with Crippen LogP contribution in [0.5, 0.6) is 0 Å². The molecule has 1 aliphatic heterocycles. The molecule has 0 aliphatic carbocycles. The fourth-order valence-electron chi connectivity index (χ4n) is 1.93. The highest BCUT2D eigenvalue weighted by Crippen LogP contribution is 2.10. The van der Waals surface area contributed by atoms with Gasteiger partial charge in [0.2, 0.25) is 5.36 Å². The van der Waals surface area contributed by atoms with Crippen molar-refractivity contribution < 1.29 is 0 Å². The summed E-state index contributed by atoms with van der Waals surface area (Å²) in [5.74, 6) is 0. The summed E-state index contributed by atoms with van der Waals surface area (Å²) in [6.45, 7) is 4.01. The lowest BCUT2D eigenvalue weighted by Crippen LogP contribution is -2.31. The molecule has 0 saturated carbocycles. The first kappa shape index (κ1) is 8.26. The van der Waals surface area contributed by atoms with Crippen molar-refractivity contribution in [2.75, 3.05) is 0 Å². The van der Waals surface area contributed by atoms with Crippen molar-refractivity contribution in [2.24, 2.45) is 4.99 Å². The largest absolute Gasteiger partial charge is 0.379 e. The summed E-state index contributed by atoms with van der Waals surface area (Å²) in [7, 11) is 0. The first-order valence-corrected chi connectivity index (χ1v) is 4.76. The van der Waals surface area contributed by atoms with E-state index in [0.29, 0.717) is 0 Å². The van der Waals surface area contributed by atoms with Gasteiger partial charge in [-0.15, -0.1) is 0 Å². The Balaban J connectivity index is 2.75. The maximum atomic E-state index is 4.34. The van der Waals surface area contributed by atoms with E-state index < -0.39 is 0 Å². The van der Waals surface area contributed by atoms with E-state index in [0.717, 1.165) is 32.9 Å². The third-order valence-corrected chi connectivity index (χ3v) is 2.72. The standard InChI is InChI=1S/C11H9N4/c1-6-8-9(13-4-3-12-8)7(2)11-10(6)14-5-15-11/h3-5H,1-2H3/q+1. The predicted molar refractivity (Wildman–Crippen MR) is 57.1 cm³/mol. The second-order valence-corrected chi connectivity index (χ2v) is 3.57. The zero-order valence-electron chi connectivity index (χ0n) is 8.52. The van der Waals surface area contributed by atoms with Crippen LogP contribution in [0.25, 0.3) is 11.0 Å². The van der Waals surface area contributed by atoms with Crippen molar-refractivity contribution >= 4 is 17.4 Å². The lowest BCUT2D eigenvalue weighted by Gasteiger charge is -1.99. The van der Waals surface area contributed by atoms with E-state index in [2.05, 4.69) is 19.6 Å². The van der Waals surface area contributed by atoms with Gasteiger partial charge in [-0.3, -0.25) is 9.97 Å². The molecule has 0 bridgehead atoms. The topological polar surface area (TPSA) is 52.2 Å². The number of hydrogen-bond donors (Lipinski definition) is 0. The highest BCUT2D eigenvalue weighted by Gasteiger charge is 2.17. The van der Waals surface area contributed by atoms with Gasteiger partial charge in [0, 0.05) is 23.5 Å². The van der Waals surface area contributed by atoms with Crippen molar-refractivity contribution in [3.63, 3.8) is 0 Å². The second kappa shape index (κ2) is 2.72. The quantitative estimate of drug-likeness (QED) is 0.539. The normalized spacial score (nSPS) is 12.4. The first-order chi connectivity index (χ1) is 7.29. The fraction of sp³-hybridized carbons (Fsp3) is 0.182. The molecule has 0 amide bonds. The Morgan fingerprint density at radius 2 is 1.67 bits per heavy atom. The van der Waals surface area contributed by atoms with E-state index in [1.165, 1.54) is 0 Å². The molecule has 1 aromatic heterocycles. The molecule has 0 unspecified atom stereocenters. The highest BCUT2D eigenvalue weighted by molar-refractivity contribution is 5.81. The van der Waals surface area contributed by atoms with E-state index >= 15 is 0 Å². The number of benzene rings is 1. The molecule has 0 atom stereocenters. The molecule has 72 valence electrons. The second-order valence-electron chi connectivity index (χ2n) is 3.57. The third-order valence-electron chi connectivity index (χ3n) is 2.72. The molecule has 2 heterocycles. The van der Waals surface area contributed by atoms with E-state index in [9.17, 15) is 0 Å². The van der Waals surface area contributed by atoms with E-state index in [-0.39, 0.29) is 0 Å². The minimum atomic E-state index is 0.919. The number of nitrogens with zero attached hydrogens (tertiary/aromatic N) is 4. The lowest BCUT2D eigenvalue weighted by atomic mass is 10.1. The van der Waals surface area contributed by atoms with Crippen molar-refractivity contribution in [3.8, 4) is 0 Å². The van der Waals surface area contributed by atoms with Crippen LogP contribution < -0.4 is 15.4 Å². The van der Waals surface area contributed by atoms with Crippen molar-refractivity contribution in [2.45, 2.75) is 13.8 Å². The fourth-order valence-corrected chi connectivity index (χ4v) is 1.93. The average Bonchev–Trinajstić information content (AvgIpc) is 2.75. The number of aromatic nitrogens is 2. The van der Waals surface area contributed by atoms with Crippen LogP contribution in [0.15, 0.2) is 17.4 Å². The smallest absolute Gasteiger partial charge is 0.253 e. The predicted octanol–water partition coefficient (Wildman–Crippen LogP) is -0.405. The summed E-state index contributed by atoms with van der Waals surface area (Å²) in [6, 6.07) is 0. The Labute approximate surface area is 85.8 Å². The Hall–Kier alpha value is -2.06. The molecule has 1 aliphatic rings. The zero-order valence-corrected chi connectivity index (χ0v) is 8.52. The van der Waals surface area contributed by atoms with Gasteiger partial charge in [0.05, 0.1) is 11.0 Å². The molecule has 3 rings (SSSR count). The molecule has 4 heteroatoms. The molecule has 0 N–H and O–H groups in total. The molecule has 2 aromatic rings. The Kier molecular flexibility index (Phi) is 1.50. The Morgan fingerprint density at radius 1 is 1.00 bits per heavy atom. The van der Waals surface area contributed by atoms with Gasteiger partial charge in [0.15, 0.2) is 0 Å². The van der Waals surface area contributed by atoms with Crippen molar-refractivity contribution in [1.29, 1.82) is 0 Å². The van der Waals surface area contributed by atoms with Crippen molar-refractivity contribution in [1.82, 2.24) is 14.6 Å². The lowest BCUT2D eigenvalue weighted by molar-refractivity contribution is 1.17. The van der Waals surface area contributed by atoms with Crippen molar-refractivity contribution in [3.05, 3.63) is 34.2 Å². The minimum Gasteiger partial charge on any atom is -0.253 e. The van der Waals surface area contributed by atoms with Gasteiger partial charge in [-0.2, -0.15) is 0 Å². The molecular weight excluding hydrogens is 188 g/mol. The molecule has 0 spiro atoms. The highest BCUT2D eigenvalue weighted by atomic mass is 14.9. The maximum Gasteiger partial charge on any atom is 0.379 e. The van der Waals surface area contributed by atoms with Gasteiger partial charge < -0.3 is 0 Å². The molecule has 0 saturated heterocycles. The number of hydrogen-bond acceptors (Lipinski definition) is 3. The summed E-state index contributed by atoms with van der Waals surface area (Å²) in [4.78, 5) is 12.9. The molecule has 1 aromatic carbocycles. The first-order valence-electron chi connectivity index (χ1n) is 4.76. The number of aryl methyl sites for hydroxylation is 2. The van der Waals surface area contributed by atoms with Gasteiger partial charge >= 0.3 is 6.34 Å². The summed E-state index contributed by atoms with van der Waals surface area (Å²) in [5, 5.41) is 1.86. The van der Waals surface area contributed by atoms with Crippen LogP contribution in [0.2, 0.25) is 0 Å². The van der Waals surface area contributed by atoms with Crippen LogP contribution in [0.1, 0.15) is 11.1 Å². The number of rotatable bonds is 0. The summed E-state index contributed by atoms with van der Waals surface area (Å²) >= 11 is 0. The van der Waals surface area contributed by atoms with E-state index in [1.54, 1.807) is 18.7 Å². The Morgan fingerprint density at radius 3 is 2.40 bits per heavy atom. The van der Waals surface area contributed by atoms with Crippen LogP contribution >= 0.6 is 0 Å². The summed E-state index contributed by atoms with van der Waals surface area (Å²) in [6.07, 6.45) is 5.00. The van der Waals surface area contributed by atoms with Crippen LogP contribution in [0.4, 0.5) is 0 Å². The van der Waals surface area contributed by atoms with Gasteiger partial charge in [-0.05, 0) is 18.8 Å². The van der Waals surface area contributed by atoms with Crippen LogP contribution in [-0.4, -0.2) is 16.3 Å².